The van der Waals surface area contributed by atoms with Crippen molar-refractivity contribution in [3.05, 3.63) is 30.1 Å². The molecular formula is C17H27FN2. The molecule has 1 aromatic rings. The van der Waals surface area contributed by atoms with Crippen molar-refractivity contribution in [2.45, 2.75) is 32.6 Å². The van der Waals surface area contributed by atoms with E-state index in [1.807, 2.05) is 13.1 Å². The molecule has 0 amide bonds. The minimum atomic E-state index is -0.158. The van der Waals surface area contributed by atoms with Gasteiger partial charge in [-0.25, -0.2) is 4.39 Å². The lowest BCUT2D eigenvalue weighted by Crippen LogP contribution is -2.44. The maximum Gasteiger partial charge on any atom is 0.125 e. The third-order valence-electron chi connectivity index (χ3n) is 4.71. The maximum atomic E-state index is 13.4. The lowest BCUT2D eigenvalue weighted by molar-refractivity contribution is 0.161. The Hall–Kier alpha value is -1.09. The number of nitrogens with zero attached hydrogens (tertiary/aromatic N) is 1. The molecule has 1 fully saturated rings. The molecule has 0 aromatic heterocycles. The number of benzene rings is 1. The maximum absolute atomic E-state index is 13.4. The van der Waals surface area contributed by atoms with E-state index in [1.165, 1.54) is 31.7 Å². The molecule has 0 unspecified atom stereocenters. The Morgan fingerprint density at radius 3 is 2.65 bits per heavy atom. The summed E-state index contributed by atoms with van der Waals surface area (Å²) in [6.07, 6.45) is 5.13. The van der Waals surface area contributed by atoms with E-state index in [2.05, 4.69) is 24.2 Å². The first-order valence-corrected chi connectivity index (χ1v) is 7.66. The molecule has 0 spiro atoms. The molecule has 20 heavy (non-hydrogen) atoms. The number of nitrogens with one attached hydrogen (secondary N) is 1. The molecule has 0 radical (unpaired) electrons. The Morgan fingerprint density at radius 1 is 1.35 bits per heavy atom. The van der Waals surface area contributed by atoms with Crippen LogP contribution in [0, 0.1) is 17.2 Å². The molecule has 1 aliphatic rings. The van der Waals surface area contributed by atoms with Crippen molar-refractivity contribution in [1.29, 1.82) is 0 Å². The average Bonchev–Trinajstić information content (AvgIpc) is 2.42. The smallest absolute Gasteiger partial charge is 0.125 e. The highest BCUT2D eigenvalue weighted by atomic mass is 19.1. The average molecular weight is 278 g/mol. The number of anilines is 1. The summed E-state index contributed by atoms with van der Waals surface area (Å²) in [5.74, 6) is 0.689. The lowest BCUT2D eigenvalue weighted by atomic mass is 9.70. The molecule has 112 valence electrons. The van der Waals surface area contributed by atoms with Crippen LogP contribution in [0.3, 0.4) is 0 Å². The van der Waals surface area contributed by atoms with Gasteiger partial charge in [-0.1, -0.05) is 25.8 Å². The van der Waals surface area contributed by atoms with Gasteiger partial charge in [0.1, 0.15) is 5.82 Å². The van der Waals surface area contributed by atoms with E-state index in [0.717, 1.165) is 24.7 Å². The number of rotatable bonds is 5. The molecule has 2 rings (SSSR count). The molecule has 0 atom stereocenters. The van der Waals surface area contributed by atoms with Crippen molar-refractivity contribution in [1.82, 2.24) is 5.32 Å². The molecule has 1 N–H and O–H groups in total. The van der Waals surface area contributed by atoms with Gasteiger partial charge in [0, 0.05) is 31.2 Å². The summed E-state index contributed by atoms with van der Waals surface area (Å²) < 4.78 is 13.4. The summed E-state index contributed by atoms with van der Waals surface area (Å²) in [5.41, 5.74) is 1.29. The molecule has 0 aliphatic heterocycles. The van der Waals surface area contributed by atoms with E-state index in [9.17, 15) is 4.39 Å². The van der Waals surface area contributed by atoms with E-state index in [1.54, 1.807) is 12.1 Å². The molecule has 2 nitrogen and oxygen atoms in total. The third kappa shape index (κ3) is 3.72. The first-order valence-electron chi connectivity index (χ1n) is 7.66. The highest BCUT2D eigenvalue weighted by molar-refractivity contribution is 5.45. The standard InChI is InChI=1S/C17H27FN2/c1-14-7-9-17(10-8-14,12-19-2)13-20(3)16-6-4-5-15(18)11-16/h4-6,11,14,19H,7-10,12-13H2,1-3H3. The quantitative estimate of drug-likeness (QED) is 0.884. The zero-order valence-electron chi connectivity index (χ0n) is 13.0. The zero-order chi connectivity index (χ0) is 14.6. The Morgan fingerprint density at radius 2 is 2.05 bits per heavy atom. The van der Waals surface area contributed by atoms with Crippen molar-refractivity contribution in [2.24, 2.45) is 11.3 Å². The Kier molecular flexibility index (Phi) is 5.03. The zero-order valence-corrected chi connectivity index (χ0v) is 13.0. The van der Waals surface area contributed by atoms with E-state index in [0.29, 0.717) is 5.41 Å². The van der Waals surface area contributed by atoms with Crippen LogP contribution < -0.4 is 10.2 Å². The molecule has 1 saturated carbocycles. The van der Waals surface area contributed by atoms with Crippen LogP contribution in [0.4, 0.5) is 10.1 Å². The fourth-order valence-electron chi connectivity index (χ4n) is 3.45. The fraction of sp³-hybridized carbons (Fsp3) is 0.647. The Balaban J connectivity index is 2.07. The Labute approximate surface area is 122 Å². The van der Waals surface area contributed by atoms with Gasteiger partial charge in [0.15, 0.2) is 0 Å². The SMILES string of the molecule is CNCC1(CN(C)c2cccc(F)c2)CCC(C)CC1. The van der Waals surface area contributed by atoms with E-state index < -0.39 is 0 Å². The minimum Gasteiger partial charge on any atom is -0.374 e. The van der Waals surface area contributed by atoms with Gasteiger partial charge in [0.25, 0.3) is 0 Å². The van der Waals surface area contributed by atoms with Crippen LogP contribution in [0.5, 0.6) is 0 Å². The number of hydrogen-bond donors (Lipinski definition) is 1. The second kappa shape index (κ2) is 6.57. The van der Waals surface area contributed by atoms with Gasteiger partial charge in [-0.05, 0) is 44.0 Å². The molecule has 1 aromatic carbocycles. The van der Waals surface area contributed by atoms with Gasteiger partial charge in [-0.15, -0.1) is 0 Å². The normalized spacial score (nSPS) is 26.5. The van der Waals surface area contributed by atoms with Crippen LogP contribution in [0.15, 0.2) is 24.3 Å². The molecule has 0 saturated heterocycles. The second-order valence-electron chi connectivity index (χ2n) is 6.55. The predicted molar refractivity (Wildman–Crippen MR) is 83.7 cm³/mol. The molecule has 1 aliphatic carbocycles. The van der Waals surface area contributed by atoms with Gasteiger partial charge in [0.2, 0.25) is 0 Å². The van der Waals surface area contributed by atoms with Crippen LogP contribution in [0.2, 0.25) is 0 Å². The van der Waals surface area contributed by atoms with Crippen LogP contribution in [-0.2, 0) is 0 Å². The summed E-state index contributed by atoms with van der Waals surface area (Å²) in [6.45, 7) is 4.38. The van der Waals surface area contributed by atoms with Crippen LogP contribution in [0.25, 0.3) is 0 Å². The summed E-state index contributed by atoms with van der Waals surface area (Å²) in [7, 11) is 4.10. The molecular weight excluding hydrogens is 251 g/mol. The van der Waals surface area contributed by atoms with Crippen molar-refractivity contribution in [3.8, 4) is 0 Å². The Bertz CT molecular complexity index is 425. The highest BCUT2D eigenvalue weighted by Gasteiger charge is 2.34. The molecule has 3 heteroatoms. The monoisotopic (exact) mass is 278 g/mol. The van der Waals surface area contributed by atoms with Crippen LogP contribution >= 0.6 is 0 Å². The topological polar surface area (TPSA) is 15.3 Å². The van der Waals surface area contributed by atoms with Crippen molar-refractivity contribution in [2.75, 3.05) is 32.1 Å². The van der Waals surface area contributed by atoms with Crippen molar-refractivity contribution >= 4 is 5.69 Å². The highest BCUT2D eigenvalue weighted by Crippen LogP contribution is 2.39. The van der Waals surface area contributed by atoms with Gasteiger partial charge < -0.3 is 10.2 Å². The van der Waals surface area contributed by atoms with Gasteiger partial charge >= 0.3 is 0 Å². The summed E-state index contributed by atoms with van der Waals surface area (Å²) in [5, 5.41) is 3.36. The molecule has 0 bridgehead atoms. The van der Waals surface area contributed by atoms with Crippen molar-refractivity contribution < 1.29 is 4.39 Å². The van der Waals surface area contributed by atoms with Gasteiger partial charge in [-0.3, -0.25) is 0 Å². The first-order chi connectivity index (χ1) is 9.54. The minimum absolute atomic E-state index is 0.158. The van der Waals surface area contributed by atoms with Crippen LogP contribution in [0.1, 0.15) is 32.6 Å². The summed E-state index contributed by atoms with van der Waals surface area (Å²) in [4.78, 5) is 2.20. The van der Waals surface area contributed by atoms with Crippen LogP contribution in [-0.4, -0.2) is 27.2 Å². The van der Waals surface area contributed by atoms with E-state index in [-0.39, 0.29) is 5.82 Å². The van der Waals surface area contributed by atoms with Gasteiger partial charge in [0.05, 0.1) is 0 Å². The third-order valence-corrected chi connectivity index (χ3v) is 4.71. The molecule has 0 heterocycles. The predicted octanol–water partition coefficient (Wildman–Crippen LogP) is 3.68. The lowest BCUT2D eigenvalue weighted by Gasteiger charge is -2.42. The van der Waals surface area contributed by atoms with Crippen molar-refractivity contribution in [3.63, 3.8) is 0 Å². The van der Waals surface area contributed by atoms with E-state index >= 15 is 0 Å². The fourth-order valence-corrected chi connectivity index (χ4v) is 3.45. The number of halogens is 1. The second-order valence-corrected chi connectivity index (χ2v) is 6.55. The first kappa shape index (κ1) is 15.3. The van der Waals surface area contributed by atoms with E-state index in [4.69, 9.17) is 0 Å². The summed E-state index contributed by atoms with van der Waals surface area (Å²) in [6, 6.07) is 6.90. The summed E-state index contributed by atoms with van der Waals surface area (Å²) >= 11 is 0. The van der Waals surface area contributed by atoms with Gasteiger partial charge in [-0.2, -0.15) is 0 Å². The largest absolute Gasteiger partial charge is 0.374 e. The number of hydrogen-bond acceptors (Lipinski definition) is 2.